The van der Waals surface area contributed by atoms with E-state index in [1.165, 1.54) is 16.7 Å². The molecule has 3 aromatic rings. The third-order valence-electron chi connectivity index (χ3n) is 5.86. The predicted molar refractivity (Wildman–Crippen MR) is 152 cm³/mol. The Balaban J connectivity index is 1.90. The van der Waals surface area contributed by atoms with E-state index in [4.69, 9.17) is 16.9 Å². The fraction of sp³-hybridized carbons (Fsp3) is 0.333. The summed E-state index contributed by atoms with van der Waals surface area (Å²) < 4.78 is 1.53. The minimum atomic E-state index is -0.348. The summed E-state index contributed by atoms with van der Waals surface area (Å²) in [7, 11) is 0. The van der Waals surface area contributed by atoms with Gasteiger partial charge in [0.25, 0.3) is 11.5 Å². The fourth-order valence-corrected chi connectivity index (χ4v) is 3.97. The first kappa shape index (κ1) is 29.0. The summed E-state index contributed by atoms with van der Waals surface area (Å²) in [5.74, 6) is -0.753. The van der Waals surface area contributed by atoms with E-state index in [-0.39, 0.29) is 71.4 Å². The molecule has 0 saturated carbocycles. The molecule has 1 amide bonds. The molecule has 0 aliphatic heterocycles. The van der Waals surface area contributed by atoms with Gasteiger partial charge >= 0.3 is 0 Å². The Kier molecular flexibility index (Phi) is 9.50. The van der Waals surface area contributed by atoms with Gasteiger partial charge in [-0.05, 0) is 50.6 Å². The van der Waals surface area contributed by atoms with Gasteiger partial charge in [-0.2, -0.15) is 0 Å². The lowest BCUT2D eigenvalue weighted by atomic mass is 10.1. The van der Waals surface area contributed by atoms with E-state index < -0.39 is 0 Å². The summed E-state index contributed by atoms with van der Waals surface area (Å²) in [5.41, 5.74) is 13.4. The number of nitrogens with zero attached hydrogens (tertiary/aromatic N) is 2. The number of aromatic nitrogens is 2. The fourth-order valence-electron chi connectivity index (χ4n) is 3.97. The molecular weight excluding hydrogens is 500 g/mol. The van der Waals surface area contributed by atoms with Gasteiger partial charge in [0.2, 0.25) is 0 Å². The summed E-state index contributed by atoms with van der Waals surface area (Å²) in [6.45, 7) is 6.88. The Morgan fingerprint density at radius 1 is 1.10 bits per heavy atom. The largest absolute Gasteiger partial charge is 0.507 e. The van der Waals surface area contributed by atoms with Gasteiger partial charge in [0.15, 0.2) is 5.82 Å². The zero-order valence-electron chi connectivity index (χ0n) is 22.3. The smallest absolute Gasteiger partial charge is 0.293 e. The van der Waals surface area contributed by atoms with Crippen LogP contribution in [-0.2, 0) is 13.1 Å². The van der Waals surface area contributed by atoms with Crippen LogP contribution in [-0.4, -0.2) is 50.6 Å². The molecule has 0 atom stereocenters. The van der Waals surface area contributed by atoms with E-state index >= 15 is 0 Å². The number of phenols is 2. The molecule has 0 unspecified atom stereocenters. The van der Waals surface area contributed by atoms with E-state index in [0.717, 1.165) is 6.42 Å². The summed E-state index contributed by atoms with van der Waals surface area (Å²) in [5, 5.41) is 37.0. The Hall–Kier alpha value is -4.58. The summed E-state index contributed by atoms with van der Waals surface area (Å²) in [4.78, 5) is 30.3. The maximum absolute atomic E-state index is 13.4. The van der Waals surface area contributed by atoms with Crippen molar-refractivity contribution in [3.63, 3.8) is 0 Å². The Labute approximate surface area is 226 Å². The third kappa shape index (κ3) is 7.26. The number of amides is 1. The second kappa shape index (κ2) is 12.8. The van der Waals surface area contributed by atoms with Crippen LogP contribution in [0.5, 0.6) is 11.5 Å². The second-order valence-electron chi connectivity index (χ2n) is 9.43. The highest BCUT2D eigenvalue weighted by molar-refractivity contribution is 5.96. The highest BCUT2D eigenvalue weighted by Gasteiger charge is 2.16. The molecule has 1 heterocycles. The lowest BCUT2D eigenvalue weighted by molar-refractivity contribution is 0.0953. The maximum Gasteiger partial charge on any atom is 0.293 e. The standard InChI is InChI=1S/C27H36N8O4/c1-4-5-32-26(38)18-8-16(9-19(28)10-18)21-14-33-25(34-15(2)3)27(39)35(21)7-6-31-13-20-22(36)11-17(24(29)30)12-23(20)37/h8-12,14-15,31,36-37H,4-7,13,28H2,1-3H3,(H3,29,30)(H,32,38)(H,33,34). The molecule has 208 valence electrons. The molecule has 0 saturated heterocycles. The van der Waals surface area contributed by atoms with Crippen molar-refractivity contribution in [1.82, 2.24) is 20.2 Å². The van der Waals surface area contributed by atoms with Gasteiger partial charge in [-0.3, -0.25) is 15.0 Å². The van der Waals surface area contributed by atoms with Crippen LogP contribution in [0.1, 0.15) is 48.7 Å². The van der Waals surface area contributed by atoms with Crippen LogP contribution >= 0.6 is 0 Å². The van der Waals surface area contributed by atoms with Crippen molar-refractivity contribution >= 4 is 23.2 Å². The van der Waals surface area contributed by atoms with Crippen LogP contribution in [0.25, 0.3) is 11.3 Å². The van der Waals surface area contributed by atoms with Gasteiger partial charge < -0.3 is 42.2 Å². The highest BCUT2D eigenvalue weighted by atomic mass is 16.3. The summed E-state index contributed by atoms with van der Waals surface area (Å²) >= 11 is 0. The molecule has 3 rings (SSSR count). The lowest BCUT2D eigenvalue weighted by Crippen LogP contribution is -2.31. The lowest BCUT2D eigenvalue weighted by Gasteiger charge is -2.17. The van der Waals surface area contributed by atoms with Crippen molar-refractivity contribution in [2.75, 3.05) is 24.1 Å². The van der Waals surface area contributed by atoms with Crippen molar-refractivity contribution in [3.05, 3.63) is 63.6 Å². The van der Waals surface area contributed by atoms with Crippen LogP contribution in [0.2, 0.25) is 0 Å². The first-order valence-electron chi connectivity index (χ1n) is 12.7. The molecule has 0 spiro atoms. The van der Waals surface area contributed by atoms with Gasteiger partial charge in [-0.1, -0.05) is 6.92 Å². The molecule has 0 fully saturated rings. The van der Waals surface area contributed by atoms with E-state index in [1.54, 1.807) is 24.4 Å². The van der Waals surface area contributed by atoms with Crippen molar-refractivity contribution in [2.45, 2.75) is 46.3 Å². The van der Waals surface area contributed by atoms with Crippen LogP contribution < -0.4 is 33.0 Å². The molecule has 12 heteroatoms. The zero-order valence-corrected chi connectivity index (χ0v) is 22.3. The average Bonchev–Trinajstić information content (AvgIpc) is 2.87. The highest BCUT2D eigenvalue weighted by Crippen LogP contribution is 2.28. The average molecular weight is 537 g/mol. The van der Waals surface area contributed by atoms with Gasteiger partial charge in [0.1, 0.15) is 17.3 Å². The molecule has 0 radical (unpaired) electrons. The molecule has 0 aliphatic carbocycles. The molecule has 10 N–H and O–H groups in total. The van der Waals surface area contributed by atoms with E-state index in [0.29, 0.717) is 29.1 Å². The number of anilines is 2. The maximum atomic E-state index is 13.4. The monoisotopic (exact) mass is 536 g/mol. The van der Waals surface area contributed by atoms with E-state index in [1.807, 2.05) is 20.8 Å². The molecule has 0 bridgehead atoms. The Bertz CT molecular complexity index is 1390. The van der Waals surface area contributed by atoms with Crippen molar-refractivity contribution in [3.8, 4) is 22.8 Å². The van der Waals surface area contributed by atoms with Crippen molar-refractivity contribution < 1.29 is 15.0 Å². The number of carbonyl (C=O) groups is 1. The number of rotatable bonds is 12. The van der Waals surface area contributed by atoms with Crippen LogP contribution in [0.15, 0.2) is 41.3 Å². The molecule has 39 heavy (non-hydrogen) atoms. The quantitative estimate of drug-likeness (QED) is 0.0736. The second-order valence-corrected chi connectivity index (χ2v) is 9.43. The Morgan fingerprint density at radius 2 is 1.79 bits per heavy atom. The minimum absolute atomic E-state index is 0.0206. The van der Waals surface area contributed by atoms with Gasteiger partial charge in [0, 0.05) is 60.2 Å². The SMILES string of the molecule is CCCNC(=O)c1cc(N)cc(-c2cnc(NC(C)C)c(=O)n2CCNCc2c(O)cc(C(=N)N)cc2O)c1. The van der Waals surface area contributed by atoms with E-state index in [9.17, 15) is 19.8 Å². The minimum Gasteiger partial charge on any atom is -0.507 e. The summed E-state index contributed by atoms with van der Waals surface area (Å²) in [6, 6.07) is 7.53. The van der Waals surface area contributed by atoms with Crippen molar-refractivity contribution in [2.24, 2.45) is 5.73 Å². The van der Waals surface area contributed by atoms with Crippen molar-refractivity contribution in [1.29, 1.82) is 5.41 Å². The number of aromatic hydroxyl groups is 2. The topological polar surface area (TPSA) is 204 Å². The number of phenolic OH excluding ortho intramolecular Hbond substituents is 2. The molecule has 1 aromatic heterocycles. The van der Waals surface area contributed by atoms with Gasteiger partial charge in [0.05, 0.1) is 11.9 Å². The number of nitrogens with two attached hydrogens (primary N) is 2. The Morgan fingerprint density at radius 3 is 2.41 bits per heavy atom. The zero-order chi connectivity index (χ0) is 28.7. The molecular formula is C27H36N8O4. The first-order chi connectivity index (χ1) is 18.5. The molecule has 0 aliphatic rings. The number of hydrogen-bond donors (Lipinski definition) is 8. The van der Waals surface area contributed by atoms with Crippen LogP contribution in [0.3, 0.4) is 0 Å². The number of amidine groups is 1. The predicted octanol–water partition coefficient (Wildman–Crippen LogP) is 1.94. The molecule has 2 aromatic carbocycles. The number of nitrogen functional groups attached to an aromatic ring is 2. The van der Waals surface area contributed by atoms with Gasteiger partial charge in [-0.25, -0.2) is 4.98 Å². The third-order valence-corrected chi connectivity index (χ3v) is 5.86. The number of carbonyl (C=O) groups excluding carboxylic acids is 1. The van der Waals surface area contributed by atoms with Crippen LogP contribution in [0.4, 0.5) is 11.5 Å². The molecule has 12 nitrogen and oxygen atoms in total. The first-order valence-corrected chi connectivity index (χ1v) is 12.7. The number of hydrogen-bond acceptors (Lipinski definition) is 9. The van der Waals surface area contributed by atoms with Gasteiger partial charge in [-0.15, -0.1) is 0 Å². The van der Waals surface area contributed by atoms with E-state index in [2.05, 4.69) is 20.9 Å². The normalized spacial score (nSPS) is 11.0. The number of benzene rings is 2. The van der Waals surface area contributed by atoms with Crippen LogP contribution in [0, 0.1) is 5.41 Å². The summed E-state index contributed by atoms with van der Waals surface area (Å²) in [6.07, 6.45) is 2.35. The number of nitrogens with one attached hydrogen (secondary N) is 4.